The Kier molecular flexibility index (Phi) is 5.59. The van der Waals surface area contributed by atoms with Crippen molar-refractivity contribution in [3.63, 3.8) is 0 Å². The number of hydrogen-bond acceptors (Lipinski definition) is 4. The average Bonchev–Trinajstić information content (AvgIpc) is 2.62. The summed E-state index contributed by atoms with van der Waals surface area (Å²) in [6, 6.07) is 10.1. The van der Waals surface area contributed by atoms with E-state index in [-0.39, 0.29) is 10.5 Å². The number of sulfonamides is 1. The molecule has 2 aromatic carbocycles. The third-order valence-corrected chi connectivity index (χ3v) is 6.65. The Morgan fingerprint density at radius 3 is 2.44 bits per heavy atom. The number of nitrogens with zero attached hydrogens (tertiary/aromatic N) is 2. The van der Waals surface area contributed by atoms with Gasteiger partial charge in [0, 0.05) is 37.4 Å². The van der Waals surface area contributed by atoms with Crippen LogP contribution in [-0.4, -0.2) is 56.8 Å². The van der Waals surface area contributed by atoms with E-state index in [0.29, 0.717) is 37.4 Å². The minimum Gasteiger partial charge on any atom is -0.322 e. The maximum absolute atomic E-state index is 13.3. The van der Waals surface area contributed by atoms with Gasteiger partial charge in [-0.1, -0.05) is 12.1 Å². The summed E-state index contributed by atoms with van der Waals surface area (Å²) in [6.45, 7) is 3.86. The molecule has 144 valence electrons. The van der Waals surface area contributed by atoms with Crippen LogP contribution in [0, 0.1) is 12.7 Å². The van der Waals surface area contributed by atoms with E-state index in [2.05, 4.69) is 10.2 Å². The SMILES string of the molecule is Cc1ccc(C(=O)Nc2cccc(F)c2)cc1S(=O)(=O)N1CCN(C)CC1. The molecule has 0 atom stereocenters. The van der Waals surface area contributed by atoms with Gasteiger partial charge >= 0.3 is 0 Å². The Balaban J connectivity index is 1.86. The first-order valence-electron chi connectivity index (χ1n) is 8.63. The highest BCUT2D eigenvalue weighted by Gasteiger charge is 2.29. The Morgan fingerprint density at radius 1 is 1.07 bits per heavy atom. The smallest absolute Gasteiger partial charge is 0.255 e. The Labute approximate surface area is 158 Å². The number of piperazine rings is 1. The van der Waals surface area contributed by atoms with Crippen LogP contribution in [0.5, 0.6) is 0 Å². The number of benzene rings is 2. The fourth-order valence-corrected chi connectivity index (χ4v) is 4.63. The number of hydrogen-bond donors (Lipinski definition) is 1. The topological polar surface area (TPSA) is 69.7 Å². The van der Waals surface area contributed by atoms with Crippen LogP contribution in [-0.2, 0) is 10.0 Å². The zero-order chi connectivity index (χ0) is 19.6. The third kappa shape index (κ3) is 4.35. The van der Waals surface area contributed by atoms with Gasteiger partial charge in [-0.05, 0) is 49.9 Å². The van der Waals surface area contributed by atoms with Crippen LogP contribution >= 0.6 is 0 Å². The van der Waals surface area contributed by atoms with Gasteiger partial charge < -0.3 is 10.2 Å². The molecule has 0 aliphatic carbocycles. The van der Waals surface area contributed by atoms with Crippen LogP contribution in [0.25, 0.3) is 0 Å². The molecule has 1 amide bonds. The van der Waals surface area contributed by atoms with Crippen molar-refractivity contribution >= 4 is 21.6 Å². The predicted molar refractivity (Wildman–Crippen MR) is 102 cm³/mol. The van der Waals surface area contributed by atoms with Crippen molar-refractivity contribution in [1.29, 1.82) is 0 Å². The van der Waals surface area contributed by atoms with Crippen LogP contribution in [0.15, 0.2) is 47.4 Å². The monoisotopic (exact) mass is 391 g/mol. The highest BCUT2D eigenvalue weighted by molar-refractivity contribution is 7.89. The van der Waals surface area contributed by atoms with E-state index in [1.807, 2.05) is 7.05 Å². The van der Waals surface area contributed by atoms with Gasteiger partial charge in [-0.15, -0.1) is 0 Å². The molecule has 1 fully saturated rings. The molecule has 0 bridgehead atoms. The summed E-state index contributed by atoms with van der Waals surface area (Å²) in [6.07, 6.45) is 0. The number of carbonyl (C=O) groups excluding carboxylic acids is 1. The molecule has 0 saturated carbocycles. The van der Waals surface area contributed by atoms with Crippen LogP contribution in [0.3, 0.4) is 0 Å². The summed E-state index contributed by atoms with van der Waals surface area (Å²) in [5.41, 5.74) is 1.10. The molecule has 0 radical (unpaired) electrons. The molecule has 6 nitrogen and oxygen atoms in total. The van der Waals surface area contributed by atoms with Crippen molar-refractivity contribution in [2.45, 2.75) is 11.8 Å². The van der Waals surface area contributed by atoms with E-state index in [4.69, 9.17) is 0 Å². The Bertz CT molecular complexity index is 954. The maximum Gasteiger partial charge on any atom is 0.255 e. The first-order valence-corrected chi connectivity index (χ1v) is 10.1. The molecule has 2 aromatic rings. The summed E-state index contributed by atoms with van der Waals surface area (Å²) < 4.78 is 40.8. The molecular formula is C19H22FN3O3S. The van der Waals surface area contributed by atoms with E-state index in [0.717, 1.165) is 0 Å². The highest BCUT2D eigenvalue weighted by atomic mass is 32.2. The first kappa shape index (κ1) is 19.5. The lowest BCUT2D eigenvalue weighted by atomic mass is 10.1. The Morgan fingerprint density at radius 2 is 1.78 bits per heavy atom. The zero-order valence-corrected chi connectivity index (χ0v) is 16.1. The van der Waals surface area contributed by atoms with Crippen molar-refractivity contribution in [2.24, 2.45) is 0 Å². The maximum atomic E-state index is 13.3. The Hall–Kier alpha value is -2.29. The van der Waals surface area contributed by atoms with Crippen LogP contribution in [0.2, 0.25) is 0 Å². The van der Waals surface area contributed by atoms with Crippen molar-refractivity contribution < 1.29 is 17.6 Å². The number of rotatable bonds is 4. The van der Waals surface area contributed by atoms with Crippen molar-refractivity contribution in [3.05, 3.63) is 59.4 Å². The largest absolute Gasteiger partial charge is 0.322 e. The van der Waals surface area contributed by atoms with Crippen molar-refractivity contribution in [1.82, 2.24) is 9.21 Å². The van der Waals surface area contributed by atoms with E-state index in [9.17, 15) is 17.6 Å². The van der Waals surface area contributed by atoms with Crippen molar-refractivity contribution in [2.75, 3.05) is 38.5 Å². The molecule has 0 unspecified atom stereocenters. The van der Waals surface area contributed by atoms with Gasteiger partial charge in [0.1, 0.15) is 5.82 Å². The van der Waals surface area contributed by atoms with Gasteiger partial charge in [0.05, 0.1) is 4.90 Å². The number of likely N-dealkylation sites (N-methyl/N-ethyl adjacent to an activating group) is 1. The van der Waals surface area contributed by atoms with Gasteiger partial charge in [0.2, 0.25) is 10.0 Å². The standard InChI is InChI=1S/C19H22FN3O3S/c1-14-6-7-15(19(24)21-17-5-3-4-16(20)13-17)12-18(14)27(25,26)23-10-8-22(2)9-11-23/h3-7,12-13H,8-11H2,1-2H3,(H,21,24). The molecule has 0 aromatic heterocycles. The number of carbonyl (C=O) groups is 1. The summed E-state index contributed by atoms with van der Waals surface area (Å²) in [5.74, 6) is -0.953. The van der Waals surface area contributed by atoms with E-state index >= 15 is 0 Å². The first-order chi connectivity index (χ1) is 12.8. The van der Waals surface area contributed by atoms with E-state index in [1.165, 1.54) is 28.6 Å². The lowest BCUT2D eigenvalue weighted by Gasteiger charge is -2.32. The van der Waals surface area contributed by atoms with Gasteiger partial charge in [0.25, 0.3) is 5.91 Å². The number of halogens is 1. The van der Waals surface area contributed by atoms with Crippen LogP contribution in [0.1, 0.15) is 15.9 Å². The molecule has 1 saturated heterocycles. The molecule has 0 spiro atoms. The summed E-state index contributed by atoms with van der Waals surface area (Å²) in [7, 11) is -1.73. The van der Waals surface area contributed by atoms with Crippen LogP contribution in [0.4, 0.5) is 10.1 Å². The zero-order valence-electron chi connectivity index (χ0n) is 15.3. The number of aryl methyl sites for hydroxylation is 1. The van der Waals surface area contributed by atoms with Gasteiger partial charge in [-0.2, -0.15) is 4.31 Å². The van der Waals surface area contributed by atoms with Gasteiger partial charge in [0.15, 0.2) is 0 Å². The second-order valence-electron chi connectivity index (χ2n) is 6.65. The lowest BCUT2D eigenvalue weighted by Crippen LogP contribution is -2.47. The number of nitrogens with one attached hydrogen (secondary N) is 1. The minimum atomic E-state index is -3.69. The molecule has 3 rings (SSSR count). The van der Waals surface area contributed by atoms with Crippen molar-refractivity contribution in [3.8, 4) is 0 Å². The van der Waals surface area contributed by atoms with Gasteiger partial charge in [-0.3, -0.25) is 4.79 Å². The molecular weight excluding hydrogens is 369 g/mol. The fraction of sp³-hybridized carbons (Fsp3) is 0.316. The highest BCUT2D eigenvalue weighted by Crippen LogP contribution is 2.23. The van der Waals surface area contributed by atoms with E-state index < -0.39 is 21.7 Å². The minimum absolute atomic E-state index is 0.124. The average molecular weight is 391 g/mol. The van der Waals surface area contributed by atoms with Gasteiger partial charge in [-0.25, -0.2) is 12.8 Å². The normalized spacial score (nSPS) is 16.3. The molecule has 1 heterocycles. The summed E-state index contributed by atoms with van der Waals surface area (Å²) in [4.78, 5) is 14.7. The molecule has 1 N–H and O–H groups in total. The molecule has 8 heteroatoms. The molecule has 27 heavy (non-hydrogen) atoms. The molecule has 1 aliphatic heterocycles. The summed E-state index contributed by atoms with van der Waals surface area (Å²) in [5, 5.41) is 2.59. The predicted octanol–water partition coefficient (Wildman–Crippen LogP) is 2.32. The molecule has 1 aliphatic rings. The second kappa shape index (κ2) is 7.75. The number of anilines is 1. The second-order valence-corrected chi connectivity index (χ2v) is 8.56. The van der Waals surface area contributed by atoms with E-state index in [1.54, 1.807) is 25.1 Å². The lowest BCUT2D eigenvalue weighted by molar-refractivity contribution is 0.102. The quantitative estimate of drug-likeness (QED) is 0.869. The number of amides is 1. The fourth-order valence-electron chi connectivity index (χ4n) is 2.96. The third-order valence-electron chi connectivity index (χ3n) is 4.61. The summed E-state index contributed by atoms with van der Waals surface area (Å²) >= 11 is 0. The van der Waals surface area contributed by atoms with Crippen LogP contribution < -0.4 is 5.32 Å².